The van der Waals surface area contributed by atoms with E-state index in [2.05, 4.69) is 15.5 Å². The molecule has 3 rings (SSSR count). The van der Waals surface area contributed by atoms with E-state index < -0.39 is 5.82 Å². The molecule has 1 fully saturated rings. The number of halogens is 2. The van der Waals surface area contributed by atoms with Crippen LogP contribution in [0, 0.1) is 5.82 Å². The molecule has 1 saturated carbocycles. The summed E-state index contributed by atoms with van der Waals surface area (Å²) >= 11 is 5.68. The molecule has 1 aliphatic carbocycles. The maximum atomic E-state index is 13.7. The van der Waals surface area contributed by atoms with Crippen LogP contribution in [0.2, 0.25) is 5.02 Å². The second-order valence-electron chi connectivity index (χ2n) is 4.67. The van der Waals surface area contributed by atoms with Crippen molar-refractivity contribution in [3.63, 3.8) is 0 Å². The molecule has 0 radical (unpaired) electrons. The zero-order valence-corrected chi connectivity index (χ0v) is 11.4. The Morgan fingerprint density at radius 1 is 1.25 bits per heavy atom. The van der Waals surface area contributed by atoms with Gasteiger partial charge in [0.25, 0.3) is 0 Å². The molecule has 0 amide bonds. The molecule has 0 spiro atoms. The van der Waals surface area contributed by atoms with Gasteiger partial charge < -0.3 is 10.1 Å². The van der Waals surface area contributed by atoms with Crippen LogP contribution >= 0.6 is 11.6 Å². The average Bonchev–Trinajstić information content (AvgIpc) is 3.27. The van der Waals surface area contributed by atoms with Gasteiger partial charge in [0.1, 0.15) is 0 Å². The standard InChI is InChI=1S/C14H13ClFN3O/c15-11-2-1-3-12(14(11)16)20-13-7-6-10(18-19-13)8-17-9-4-5-9/h1-3,6-7,9,17H,4-5,8H2. The number of ether oxygens (including phenoxy) is 1. The van der Waals surface area contributed by atoms with Crippen LogP contribution in [0.15, 0.2) is 30.3 Å². The third-order valence-corrected chi connectivity index (χ3v) is 3.27. The molecule has 0 aliphatic heterocycles. The number of hydrogen-bond donors (Lipinski definition) is 1. The van der Waals surface area contributed by atoms with Gasteiger partial charge in [-0.25, -0.2) is 4.39 Å². The van der Waals surface area contributed by atoms with E-state index in [1.54, 1.807) is 18.2 Å². The maximum Gasteiger partial charge on any atom is 0.239 e. The van der Waals surface area contributed by atoms with E-state index in [-0.39, 0.29) is 16.7 Å². The van der Waals surface area contributed by atoms with E-state index in [4.69, 9.17) is 16.3 Å². The van der Waals surface area contributed by atoms with Crippen LogP contribution in [0.3, 0.4) is 0 Å². The zero-order valence-electron chi connectivity index (χ0n) is 10.6. The number of hydrogen-bond acceptors (Lipinski definition) is 4. The van der Waals surface area contributed by atoms with Gasteiger partial charge in [0.15, 0.2) is 11.6 Å². The first-order chi connectivity index (χ1) is 9.72. The monoisotopic (exact) mass is 293 g/mol. The van der Waals surface area contributed by atoms with Crippen molar-refractivity contribution in [1.82, 2.24) is 15.5 Å². The van der Waals surface area contributed by atoms with E-state index in [1.807, 2.05) is 0 Å². The highest BCUT2D eigenvalue weighted by Gasteiger charge is 2.20. The molecule has 4 nitrogen and oxygen atoms in total. The fourth-order valence-corrected chi connectivity index (χ4v) is 1.87. The van der Waals surface area contributed by atoms with Gasteiger partial charge in [-0.3, -0.25) is 0 Å². The molecule has 2 aromatic rings. The van der Waals surface area contributed by atoms with Crippen LogP contribution in [-0.2, 0) is 6.54 Å². The lowest BCUT2D eigenvalue weighted by Crippen LogP contribution is -2.16. The van der Waals surface area contributed by atoms with Crippen LogP contribution in [0.1, 0.15) is 18.5 Å². The molecule has 0 atom stereocenters. The van der Waals surface area contributed by atoms with E-state index in [0.717, 1.165) is 5.69 Å². The van der Waals surface area contributed by atoms with Crippen molar-refractivity contribution in [3.8, 4) is 11.6 Å². The Morgan fingerprint density at radius 2 is 2.10 bits per heavy atom. The summed E-state index contributed by atoms with van der Waals surface area (Å²) in [5, 5.41) is 11.3. The van der Waals surface area contributed by atoms with Crippen LogP contribution < -0.4 is 10.1 Å². The maximum absolute atomic E-state index is 13.7. The van der Waals surface area contributed by atoms with Crippen molar-refractivity contribution in [2.45, 2.75) is 25.4 Å². The second-order valence-corrected chi connectivity index (χ2v) is 5.08. The summed E-state index contributed by atoms with van der Waals surface area (Å²) in [5.74, 6) is -0.326. The van der Waals surface area contributed by atoms with E-state index in [1.165, 1.54) is 25.0 Å². The molecular formula is C14H13ClFN3O. The first-order valence-corrected chi connectivity index (χ1v) is 6.78. The summed E-state index contributed by atoms with van der Waals surface area (Å²) in [7, 11) is 0. The Balaban J connectivity index is 1.66. The predicted octanol–water partition coefficient (Wildman–Crippen LogP) is 3.31. The Bertz CT molecular complexity index is 602. The van der Waals surface area contributed by atoms with Crippen molar-refractivity contribution < 1.29 is 9.13 Å². The number of benzene rings is 1. The first-order valence-electron chi connectivity index (χ1n) is 6.40. The van der Waals surface area contributed by atoms with Gasteiger partial charge in [0.2, 0.25) is 5.88 Å². The molecule has 6 heteroatoms. The molecule has 1 aliphatic rings. The molecule has 1 N–H and O–H groups in total. The third-order valence-electron chi connectivity index (χ3n) is 2.98. The van der Waals surface area contributed by atoms with Crippen molar-refractivity contribution >= 4 is 11.6 Å². The number of aromatic nitrogens is 2. The second kappa shape index (κ2) is 5.73. The molecule has 0 saturated heterocycles. The minimum Gasteiger partial charge on any atom is -0.434 e. The van der Waals surface area contributed by atoms with Crippen LogP contribution in [0.5, 0.6) is 11.6 Å². The lowest BCUT2D eigenvalue weighted by Gasteiger charge is -2.07. The Kier molecular flexibility index (Phi) is 3.80. The first kappa shape index (κ1) is 13.3. The summed E-state index contributed by atoms with van der Waals surface area (Å²) in [6.45, 7) is 0.684. The Labute approximate surface area is 120 Å². The number of rotatable bonds is 5. The Morgan fingerprint density at radius 3 is 2.80 bits per heavy atom. The van der Waals surface area contributed by atoms with Crippen LogP contribution in [-0.4, -0.2) is 16.2 Å². The van der Waals surface area contributed by atoms with Crippen molar-refractivity contribution in [2.24, 2.45) is 0 Å². The largest absolute Gasteiger partial charge is 0.434 e. The molecule has 1 heterocycles. The quantitative estimate of drug-likeness (QED) is 0.919. The van der Waals surface area contributed by atoms with Gasteiger partial charge >= 0.3 is 0 Å². The van der Waals surface area contributed by atoms with Gasteiger partial charge in [-0.05, 0) is 31.0 Å². The van der Waals surface area contributed by atoms with Crippen molar-refractivity contribution in [1.29, 1.82) is 0 Å². The third kappa shape index (κ3) is 3.23. The highest BCUT2D eigenvalue weighted by Crippen LogP contribution is 2.27. The smallest absolute Gasteiger partial charge is 0.239 e. The van der Waals surface area contributed by atoms with Gasteiger partial charge in [0, 0.05) is 18.7 Å². The fraction of sp³-hybridized carbons (Fsp3) is 0.286. The SMILES string of the molecule is Fc1c(Cl)cccc1Oc1ccc(CNC2CC2)nn1. The Hall–Kier alpha value is -1.72. The molecular weight excluding hydrogens is 281 g/mol. The van der Waals surface area contributed by atoms with E-state index in [9.17, 15) is 4.39 Å². The van der Waals surface area contributed by atoms with Crippen LogP contribution in [0.4, 0.5) is 4.39 Å². The highest BCUT2D eigenvalue weighted by atomic mass is 35.5. The fourth-order valence-electron chi connectivity index (χ4n) is 1.71. The molecule has 0 bridgehead atoms. The lowest BCUT2D eigenvalue weighted by molar-refractivity contribution is 0.420. The molecule has 104 valence electrons. The van der Waals surface area contributed by atoms with Crippen molar-refractivity contribution in [3.05, 3.63) is 46.9 Å². The average molecular weight is 294 g/mol. The highest BCUT2D eigenvalue weighted by molar-refractivity contribution is 6.30. The lowest BCUT2D eigenvalue weighted by atomic mass is 10.3. The summed E-state index contributed by atoms with van der Waals surface area (Å²) in [6.07, 6.45) is 2.45. The minimum atomic E-state index is -0.601. The summed E-state index contributed by atoms with van der Waals surface area (Å²) in [6, 6.07) is 8.65. The molecule has 1 aromatic heterocycles. The zero-order chi connectivity index (χ0) is 13.9. The summed E-state index contributed by atoms with van der Waals surface area (Å²) in [5.41, 5.74) is 0.829. The minimum absolute atomic E-state index is 0.0145. The summed E-state index contributed by atoms with van der Waals surface area (Å²) in [4.78, 5) is 0. The summed E-state index contributed by atoms with van der Waals surface area (Å²) < 4.78 is 19.0. The molecule has 20 heavy (non-hydrogen) atoms. The van der Waals surface area contributed by atoms with E-state index in [0.29, 0.717) is 12.6 Å². The topological polar surface area (TPSA) is 47.0 Å². The predicted molar refractivity (Wildman–Crippen MR) is 73.4 cm³/mol. The molecule has 1 aromatic carbocycles. The van der Waals surface area contributed by atoms with E-state index >= 15 is 0 Å². The van der Waals surface area contributed by atoms with Gasteiger partial charge in [0.05, 0.1) is 10.7 Å². The van der Waals surface area contributed by atoms with Gasteiger partial charge in [-0.2, -0.15) is 5.10 Å². The van der Waals surface area contributed by atoms with Gasteiger partial charge in [-0.1, -0.05) is 17.7 Å². The number of nitrogens with zero attached hydrogens (tertiary/aromatic N) is 2. The van der Waals surface area contributed by atoms with Crippen LogP contribution in [0.25, 0.3) is 0 Å². The van der Waals surface area contributed by atoms with Crippen molar-refractivity contribution in [2.75, 3.05) is 0 Å². The van der Waals surface area contributed by atoms with Gasteiger partial charge in [-0.15, -0.1) is 5.10 Å². The number of nitrogens with one attached hydrogen (secondary N) is 1. The normalized spacial score (nSPS) is 14.3. The molecule has 0 unspecified atom stereocenters.